The normalized spacial score (nSPS) is 18.5. The molecular formula is C10H21N3O. The van der Waals surface area contributed by atoms with Gasteiger partial charge in [-0.2, -0.15) is 0 Å². The summed E-state index contributed by atoms with van der Waals surface area (Å²) in [5.41, 5.74) is 10.7. The maximum Gasteiger partial charge on any atom is 0.234 e. The van der Waals surface area contributed by atoms with Gasteiger partial charge in [0.1, 0.15) is 0 Å². The molecule has 0 aromatic carbocycles. The summed E-state index contributed by atoms with van der Waals surface area (Å²) in [5, 5.41) is 0. The van der Waals surface area contributed by atoms with Gasteiger partial charge in [0.15, 0.2) is 0 Å². The lowest BCUT2D eigenvalue weighted by Gasteiger charge is -2.21. The van der Waals surface area contributed by atoms with Gasteiger partial charge in [-0.15, -0.1) is 0 Å². The van der Waals surface area contributed by atoms with Crippen LogP contribution in [0.3, 0.4) is 0 Å². The number of primary amides is 1. The molecule has 0 saturated heterocycles. The number of carbonyl (C=O) groups is 1. The fraction of sp³-hybridized carbons (Fsp3) is 0.900. The summed E-state index contributed by atoms with van der Waals surface area (Å²) in [6.45, 7) is 5.21. The number of rotatable bonds is 7. The average molecular weight is 199 g/mol. The van der Waals surface area contributed by atoms with E-state index in [1.807, 2.05) is 0 Å². The van der Waals surface area contributed by atoms with Gasteiger partial charge in [0.25, 0.3) is 0 Å². The van der Waals surface area contributed by atoms with Crippen molar-refractivity contribution in [3.63, 3.8) is 0 Å². The Morgan fingerprint density at radius 1 is 1.57 bits per heavy atom. The van der Waals surface area contributed by atoms with E-state index < -0.39 is 11.9 Å². The Labute approximate surface area is 85.6 Å². The standard InChI is InChI=1S/C10H21N3O/c1-2-13(7-8-3-4-8)6-5-9(11)10(12)14/h8-9H,2-7,11H2,1H3,(H2,12,14). The van der Waals surface area contributed by atoms with Gasteiger partial charge in [0.2, 0.25) is 5.91 Å². The van der Waals surface area contributed by atoms with E-state index in [-0.39, 0.29) is 0 Å². The van der Waals surface area contributed by atoms with Crippen molar-refractivity contribution in [2.75, 3.05) is 19.6 Å². The second kappa shape index (κ2) is 5.32. The van der Waals surface area contributed by atoms with Crippen molar-refractivity contribution in [1.82, 2.24) is 4.90 Å². The molecule has 1 atom stereocenters. The van der Waals surface area contributed by atoms with E-state index in [1.54, 1.807) is 0 Å². The van der Waals surface area contributed by atoms with Crippen molar-refractivity contribution in [3.8, 4) is 0 Å². The number of hydrogen-bond acceptors (Lipinski definition) is 3. The Morgan fingerprint density at radius 2 is 2.21 bits per heavy atom. The van der Waals surface area contributed by atoms with E-state index in [0.717, 1.165) is 25.6 Å². The lowest BCUT2D eigenvalue weighted by atomic mass is 10.2. The van der Waals surface area contributed by atoms with Crippen LogP contribution in [0.5, 0.6) is 0 Å². The lowest BCUT2D eigenvalue weighted by molar-refractivity contribution is -0.119. The molecule has 0 bridgehead atoms. The molecule has 82 valence electrons. The topological polar surface area (TPSA) is 72.3 Å². The van der Waals surface area contributed by atoms with Crippen molar-refractivity contribution in [1.29, 1.82) is 0 Å². The quantitative estimate of drug-likeness (QED) is 0.602. The summed E-state index contributed by atoms with van der Waals surface area (Å²) >= 11 is 0. The molecule has 4 heteroatoms. The molecule has 14 heavy (non-hydrogen) atoms. The monoisotopic (exact) mass is 199 g/mol. The zero-order valence-electron chi connectivity index (χ0n) is 8.91. The molecule has 1 fully saturated rings. The van der Waals surface area contributed by atoms with Crippen LogP contribution in [0.2, 0.25) is 0 Å². The van der Waals surface area contributed by atoms with Crippen LogP contribution in [0, 0.1) is 5.92 Å². The van der Waals surface area contributed by atoms with Crippen LogP contribution in [0.15, 0.2) is 0 Å². The van der Waals surface area contributed by atoms with Crippen LogP contribution in [0.1, 0.15) is 26.2 Å². The van der Waals surface area contributed by atoms with E-state index in [2.05, 4.69) is 11.8 Å². The van der Waals surface area contributed by atoms with E-state index in [9.17, 15) is 4.79 Å². The number of nitrogens with two attached hydrogens (primary N) is 2. The largest absolute Gasteiger partial charge is 0.368 e. The second-order valence-electron chi connectivity index (χ2n) is 4.13. The third-order valence-corrected chi connectivity index (χ3v) is 2.78. The summed E-state index contributed by atoms with van der Waals surface area (Å²) in [7, 11) is 0. The van der Waals surface area contributed by atoms with E-state index in [0.29, 0.717) is 6.42 Å². The molecule has 0 aliphatic heterocycles. The first-order valence-corrected chi connectivity index (χ1v) is 5.40. The van der Waals surface area contributed by atoms with E-state index in [1.165, 1.54) is 12.8 Å². The highest BCUT2D eigenvalue weighted by atomic mass is 16.1. The second-order valence-corrected chi connectivity index (χ2v) is 4.13. The van der Waals surface area contributed by atoms with E-state index in [4.69, 9.17) is 11.5 Å². The number of nitrogens with zero attached hydrogens (tertiary/aromatic N) is 1. The minimum Gasteiger partial charge on any atom is -0.368 e. The first kappa shape index (κ1) is 11.5. The molecule has 0 radical (unpaired) electrons. The highest BCUT2D eigenvalue weighted by Gasteiger charge is 2.23. The highest BCUT2D eigenvalue weighted by molar-refractivity contribution is 5.79. The van der Waals surface area contributed by atoms with Gasteiger partial charge in [-0.1, -0.05) is 6.92 Å². The third-order valence-electron chi connectivity index (χ3n) is 2.78. The molecule has 1 aliphatic rings. The highest BCUT2D eigenvalue weighted by Crippen LogP contribution is 2.29. The predicted octanol–water partition coefficient (Wildman–Crippen LogP) is -0.0790. The van der Waals surface area contributed by atoms with Crippen LogP contribution in [0.25, 0.3) is 0 Å². The molecule has 0 aromatic heterocycles. The Bertz CT molecular complexity index is 192. The smallest absolute Gasteiger partial charge is 0.234 e. The molecule has 1 amide bonds. The maximum absolute atomic E-state index is 10.7. The number of hydrogen-bond donors (Lipinski definition) is 2. The minimum absolute atomic E-state index is 0.396. The van der Waals surface area contributed by atoms with E-state index >= 15 is 0 Å². The molecule has 4 nitrogen and oxygen atoms in total. The summed E-state index contributed by atoms with van der Waals surface area (Å²) in [5.74, 6) is 0.493. The fourth-order valence-electron chi connectivity index (χ4n) is 1.51. The number of carbonyl (C=O) groups excluding carboxylic acids is 1. The Balaban J connectivity index is 2.15. The van der Waals surface area contributed by atoms with Gasteiger partial charge in [-0.25, -0.2) is 0 Å². The minimum atomic E-state index is -0.483. The zero-order chi connectivity index (χ0) is 10.6. The predicted molar refractivity (Wildman–Crippen MR) is 56.6 cm³/mol. The molecule has 1 aliphatic carbocycles. The van der Waals surface area contributed by atoms with Gasteiger partial charge in [0, 0.05) is 13.1 Å². The maximum atomic E-state index is 10.7. The summed E-state index contributed by atoms with van der Waals surface area (Å²) < 4.78 is 0. The lowest BCUT2D eigenvalue weighted by Crippen LogP contribution is -2.40. The Hall–Kier alpha value is -0.610. The van der Waals surface area contributed by atoms with Crippen molar-refractivity contribution in [3.05, 3.63) is 0 Å². The summed E-state index contributed by atoms with van der Waals surface area (Å²) in [4.78, 5) is 13.1. The molecule has 1 unspecified atom stereocenters. The molecule has 0 spiro atoms. The van der Waals surface area contributed by atoms with Crippen LogP contribution in [-0.2, 0) is 4.79 Å². The summed E-state index contributed by atoms with van der Waals surface area (Å²) in [6.07, 6.45) is 3.40. The van der Waals surface area contributed by atoms with Crippen molar-refractivity contribution in [2.45, 2.75) is 32.2 Å². The molecule has 0 aromatic rings. The Kier molecular flexibility index (Phi) is 4.35. The Morgan fingerprint density at radius 3 is 2.64 bits per heavy atom. The third kappa shape index (κ3) is 4.07. The van der Waals surface area contributed by atoms with Crippen LogP contribution < -0.4 is 11.5 Å². The van der Waals surface area contributed by atoms with Crippen molar-refractivity contribution >= 4 is 5.91 Å². The molecular weight excluding hydrogens is 178 g/mol. The fourth-order valence-corrected chi connectivity index (χ4v) is 1.51. The summed E-state index contributed by atoms with van der Waals surface area (Å²) in [6, 6.07) is -0.483. The van der Waals surface area contributed by atoms with Gasteiger partial charge in [-0.3, -0.25) is 4.79 Å². The molecule has 4 N–H and O–H groups in total. The van der Waals surface area contributed by atoms with Crippen molar-refractivity contribution in [2.24, 2.45) is 17.4 Å². The van der Waals surface area contributed by atoms with Crippen LogP contribution in [-0.4, -0.2) is 36.5 Å². The van der Waals surface area contributed by atoms with Crippen LogP contribution in [0.4, 0.5) is 0 Å². The van der Waals surface area contributed by atoms with Crippen molar-refractivity contribution < 1.29 is 4.79 Å². The molecule has 0 heterocycles. The van der Waals surface area contributed by atoms with Crippen LogP contribution >= 0.6 is 0 Å². The van der Waals surface area contributed by atoms with Gasteiger partial charge < -0.3 is 16.4 Å². The zero-order valence-corrected chi connectivity index (χ0v) is 8.91. The molecule has 1 saturated carbocycles. The average Bonchev–Trinajstić information content (AvgIpc) is 2.95. The van der Waals surface area contributed by atoms with Gasteiger partial charge in [0.05, 0.1) is 6.04 Å². The number of amides is 1. The first-order valence-electron chi connectivity index (χ1n) is 5.40. The van der Waals surface area contributed by atoms with Gasteiger partial charge >= 0.3 is 0 Å². The molecule has 1 rings (SSSR count). The van der Waals surface area contributed by atoms with Gasteiger partial charge in [-0.05, 0) is 31.7 Å². The first-order chi connectivity index (χ1) is 6.63. The SMILES string of the molecule is CCN(CCC(N)C(N)=O)CC1CC1.